The molecule has 1 aromatic heterocycles. The van der Waals surface area contributed by atoms with E-state index in [1.165, 1.54) is 11.1 Å². The molecule has 1 atom stereocenters. The fraction of sp³-hybridized carbons (Fsp3) is 0.500. The van der Waals surface area contributed by atoms with Gasteiger partial charge in [-0.3, -0.25) is 0 Å². The van der Waals surface area contributed by atoms with Crippen LogP contribution in [-0.2, 0) is 11.8 Å². The van der Waals surface area contributed by atoms with Crippen molar-refractivity contribution in [3.05, 3.63) is 47.5 Å². The first-order valence-electron chi connectivity index (χ1n) is 10.1. The van der Waals surface area contributed by atoms with E-state index in [1.807, 2.05) is 24.3 Å². The molecule has 0 bridgehead atoms. The quantitative estimate of drug-likeness (QED) is 0.513. The van der Waals surface area contributed by atoms with Crippen molar-refractivity contribution in [2.75, 3.05) is 0 Å². The molecule has 0 saturated carbocycles. The van der Waals surface area contributed by atoms with Crippen LogP contribution in [0.4, 0.5) is 0 Å². The van der Waals surface area contributed by atoms with Gasteiger partial charge in [-0.1, -0.05) is 66.7 Å². The molecular weight excluding hydrogens is 346 g/mol. The molecular formula is C24H33N3O. The van der Waals surface area contributed by atoms with Gasteiger partial charge in [-0.2, -0.15) is 0 Å². The van der Waals surface area contributed by atoms with Gasteiger partial charge in [-0.25, -0.2) is 0 Å². The number of fused-ring (bicyclic) bond motifs is 2. The van der Waals surface area contributed by atoms with Crippen LogP contribution in [0.1, 0.15) is 66.5 Å². The highest BCUT2D eigenvalue weighted by atomic mass is 16.5. The van der Waals surface area contributed by atoms with Crippen LogP contribution in [0.5, 0.6) is 5.75 Å². The van der Waals surface area contributed by atoms with E-state index in [1.54, 1.807) is 4.80 Å². The molecule has 0 saturated heterocycles. The van der Waals surface area contributed by atoms with Crippen LogP contribution in [0, 0.1) is 5.41 Å². The third-order valence-electron chi connectivity index (χ3n) is 4.34. The van der Waals surface area contributed by atoms with Crippen LogP contribution in [0.2, 0.25) is 0 Å². The summed E-state index contributed by atoms with van der Waals surface area (Å²) >= 11 is 0. The van der Waals surface area contributed by atoms with Crippen LogP contribution in [0.25, 0.3) is 16.7 Å². The van der Waals surface area contributed by atoms with E-state index in [0.29, 0.717) is 5.41 Å². The number of aromatic nitrogens is 3. The molecule has 2 aromatic carbocycles. The highest BCUT2D eigenvalue weighted by Crippen LogP contribution is 2.38. The van der Waals surface area contributed by atoms with Crippen molar-refractivity contribution >= 4 is 11.0 Å². The Labute approximate surface area is 168 Å². The Morgan fingerprint density at radius 2 is 1.46 bits per heavy atom. The molecule has 28 heavy (non-hydrogen) atoms. The fourth-order valence-electron chi connectivity index (χ4n) is 3.06. The molecule has 0 spiro atoms. The lowest BCUT2D eigenvalue weighted by Gasteiger charge is -2.21. The lowest BCUT2D eigenvalue weighted by molar-refractivity contribution is 0.253. The average molecular weight is 380 g/mol. The zero-order valence-corrected chi connectivity index (χ0v) is 18.5. The Kier molecular flexibility index (Phi) is 5.26. The van der Waals surface area contributed by atoms with Gasteiger partial charge in [-0.05, 0) is 41.5 Å². The summed E-state index contributed by atoms with van der Waals surface area (Å²) in [6.07, 6.45) is 1.14. The number of ether oxygens (including phenoxy) is 1. The minimum Gasteiger partial charge on any atom is -0.488 e. The Morgan fingerprint density at radius 3 is 1.96 bits per heavy atom. The maximum atomic E-state index is 6.06. The average Bonchev–Trinajstić information content (AvgIpc) is 3.13. The summed E-state index contributed by atoms with van der Waals surface area (Å²) in [5.74, 6) is 0.922. The van der Waals surface area contributed by atoms with Gasteiger partial charge >= 0.3 is 0 Å². The number of rotatable bonds is 1. The second-order valence-electron chi connectivity index (χ2n) is 10.3. The van der Waals surface area contributed by atoms with Crippen molar-refractivity contribution in [2.24, 2.45) is 5.41 Å². The molecule has 2 heterocycles. The van der Waals surface area contributed by atoms with Gasteiger partial charge in [0.05, 0.1) is 0 Å². The molecule has 0 radical (unpaired) electrons. The van der Waals surface area contributed by atoms with Crippen molar-refractivity contribution in [1.82, 2.24) is 15.0 Å². The molecule has 0 aliphatic carbocycles. The SMILES string of the molecule is CC(C)(C)C.CC1Cc2cc(C(C)(C)C)cc(-n3nc4ccccc4n3)c2O1. The van der Waals surface area contributed by atoms with Crippen LogP contribution in [0.3, 0.4) is 0 Å². The van der Waals surface area contributed by atoms with E-state index in [0.717, 1.165) is 28.9 Å². The third-order valence-corrected chi connectivity index (χ3v) is 4.34. The van der Waals surface area contributed by atoms with Crippen molar-refractivity contribution < 1.29 is 4.74 Å². The number of nitrogens with zero attached hydrogens (tertiary/aromatic N) is 3. The Bertz CT molecular complexity index is 935. The van der Waals surface area contributed by atoms with Crippen molar-refractivity contribution in [3.63, 3.8) is 0 Å². The van der Waals surface area contributed by atoms with E-state index in [2.05, 4.69) is 77.7 Å². The summed E-state index contributed by atoms with van der Waals surface area (Å²) in [5.41, 5.74) is 5.84. The fourth-order valence-corrected chi connectivity index (χ4v) is 3.06. The lowest BCUT2D eigenvalue weighted by atomic mass is 9.85. The predicted octanol–water partition coefficient (Wildman–Crippen LogP) is 6.09. The lowest BCUT2D eigenvalue weighted by Crippen LogP contribution is -2.13. The van der Waals surface area contributed by atoms with Gasteiger partial charge in [0.15, 0.2) is 5.75 Å². The van der Waals surface area contributed by atoms with E-state index in [9.17, 15) is 0 Å². The predicted molar refractivity (Wildman–Crippen MR) is 116 cm³/mol. The summed E-state index contributed by atoms with van der Waals surface area (Å²) < 4.78 is 6.06. The topological polar surface area (TPSA) is 39.9 Å². The normalized spacial score (nSPS) is 16.4. The van der Waals surface area contributed by atoms with E-state index in [-0.39, 0.29) is 11.5 Å². The molecule has 0 amide bonds. The third kappa shape index (κ3) is 4.73. The second-order valence-corrected chi connectivity index (χ2v) is 10.3. The summed E-state index contributed by atoms with van der Waals surface area (Å²) in [7, 11) is 0. The number of hydrogen-bond donors (Lipinski definition) is 0. The number of benzene rings is 2. The maximum Gasteiger partial charge on any atom is 0.150 e. The molecule has 4 rings (SSSR count). The molecule has 1 aliphatic rings. The molecule has 4 nitrogen and oxygen atoms in total. The summed E-state index contributed by atoms with van der Waals surface area (Å²) in [5, 5.41) is 9.27. The van der Waals surface area contributed by atoms with Crippen molar-refractivity contribution in [3.8, 4) is 11.4 Å². The van der Waals surface area contributed by atoms with E-state index < -0.39 is 0 Å². The molecule has 1 unspecified atom stereocenters. The standard InChI is InChI=1S/C19H21N3O.C5H12/c1-12-9-13-10-14(19(2,3)4)11-17(18(13)23-12)22-20-15-7-5-6-8-16(15)21-22;1-5(2,3)4/h5-8,10-12H,9H2,1-4H3;1-4H3. The summed E-state index contributed by atoms with van der Waals surface area (Å²) in [6, 6.07) is 12.4. The summed E-state index contributed by atoms with van der Waals surface area (Å²) in [4.78, 5) is 1.72. The van der Waals surface area contributed by atoms with Gasteiger partial charge in [0.1, 0.15) is 22.8 Å². The smallest absolute Gasteiger partial charge is 0.150 e. The van der Waals surface area contributed by atoms with Gasteiger partial charge in [0.2, 0.25) is 0 Å². The zero-order chi connectivity index (χ0) is 20.7. The van der Waals surface area contributed by atoms with Gasteiger partial charge in [-0.15, -0.1) is 15.0 Å². The second kappa shape index (κ2) is 7.23. The first kappa shape index (κ1) is 20.4. The van der Waals surface area contributed by atoms with E-state index in [4.69, 9.17) is 4.74 Å². The number of hydrogen-bond acceptors (Lipinski definition) is 3. The van der Waals surface area contributed by atoms with Gasteiger partial charge < -0.3 is 4.74 Å². The van der Waals surface area contributed by atoms with Crippen molar-refractivity contribution in [2.45, 2.75) is 73.3 Å². The highest BCUT2D eigenvalue weighted by molar-refractivity contribution is 5.74. The first-order valence-corrected chi connectivity index (χ1v) is 10.1. The Hall–Kier alpha value is -2.36. The van der Waals surface area contributed by atoms with Gasteiger partial charge in [0, 0.05) is 12.0 Å². The highest BCUT2D eigenvalue weighted by Gasteiger charge is 2.27. The zero-order valence-electron chi connectivity index (χ0n) is 18.5. The first-order chi connectivity index (χ1) is 12.9. The monoisotopic (exact) mass is 379 g/mol. The summed E-state index contributed by atoms with van der Waals surface area (Å²) in [6.45, 7) is 17.5. The largest absolute Gasteiger partial charge is 0.488 e. The maximum absolute atomic E-state index is 6.06. The van der Waals surface area contributed by atoms with Gasteiger partial charge in [0.25, 0.3) is 0 Å². The van der Waals surface area contributed by atoms with E-state index >= 15 is 0 Å². The van der Waals surface area contributed by atoms with Crippen LogP contribution < -0.4 is 4.74 Å². The van der Waals surface area contributed by atoms with Crippen LogP contribution in [-0.4, -0.2) is 21.1 Å². The molecule has 0 N–H and O–H groups in total. The van der Waals surface area contributed by atoms with Crippen LogP contribution >= 0.6 is 0 Å². The molecule has 150 valence electrons. The minimum atomic E-state index is 0.0716. The Balaban J connectivity index is 0.000000403. The molecule has 1 aliphatic heterocycles. The minimum absolute atomic E-state index is 0.0716. The molecule has 4 heteroatoms. The van der Waals surface area contributed by atoms with Crippen LogP contribution in [0.15, 0.2) is 36.4 Å². The molecule has 0 fully saturated rings. The van der Waals surface area contributed by atoms with Crippen molar-refractivity contribution in [1.29, 1.82) is 0 Å². The molecule has 3 aromatic rings. The Morgan fingerprint density at radius 1 is 0.929 bits per heavy atom.